The molecule has 0 N–H and O–H groups in total. The fraction of sp³-hybridized carbons (Fsp3) is 0.333. The van der Waals surface area contributed by atoms with Gasteiger partial charge in [-0.2, -0.15) is 4.91 Å². The summed E-state index contributed by atoms with van der Waals surface area (Å²) >= 11 is 0. The van der Waals surface area contributed by atoms with Crippen LogP contribution >= 0.6 is 0 Å². The van der Waals surface area contributed by atoms with Gasteiger partial charge in [-0.3, -0.25) is 0 Å². The fourth-order valence-electron chi connectivity index (χ4n) is 1.40. The van der Waals surface area contributed by atoms with Gasteiger partial charge in [-0.1, -0.05) is 30.3 Å². The van der Waals surface area contributed by atoms with E-state index in [0.29, 0.717) is 6.42 Å². The van der Waals surface area contributed by atoms with Gasteiger partial charge in [-0.05, 0) is 36.6 Å². The Kier molecular flexibility index (Phi) is 4.16. The zero-order valence-electron chi connectivity index (χ0n) is 8.90. The average Bonchev–Trinajstić information content (AvgIpc) is 2.23. The van der Waals surface area contributed by atoms with E-state index in [0.717, 1.165) is 11.1 Å². The van der Waals surface area contributed by atoms with E-state index in [9.17, 15) is 9.30 Å². The SMILES string of the molecule is CCC(N=O)C(C)=Cc1ccc(F)cc1. The number of halogens is 1. The summed E-state index contributed by atoms with van der Waals surface area (Å²) in [6.07, 6.45) is 2.54. The van der Waals surface area contributed by atoms with Crippen LogP contribution in [0.25, 0.3) is 6.08 Å². The third-order valence-corrected chi connectivity index (χ3v) is 2.30. The highest BCUT2D eigenvalue weighted by atomic mass is 19.1. The third kappa shape index (κ3) is 3.27. The number of hydrogen-bond donors (Lipinski definition) is 0. The van der Waals surface area contributed by atoms with Gasteiger partial charge >= 0.3 is 0 Å². The second-order valence-corrected chi connectivity index (χ2v) is 3.47. The van der Waals surface area contributed by atoms with Crippen molar-refractivity contribution in [3.05, 3.63) is 46.1 Å². The second kappa shape index (κ2) is 5.39. The molecule has 0 fully saturated rings. The summed E-state index contributed by atoms with van der Waals surface area (Å²) in [6, 6.07) is 5.87. The molecule has 1 aromatic carbocycles. The summed E-state index contributed by atoms with van der Waals surface area (Å²) in [5, 5.41) is 3.03. The van der Waals surface area contributed by atoms with E-state index in [1.165, 1.54) is 12.1 Å². The highest BCUT2D eigenvalue weighted by Gasteiger charge is 2.07. The molecule has 1 unspecified atom stereocenters. The van der Waals surface area contributed by atoms with Crippen molar-refractivity contribution < 1.29 is 4.39 Å². The van der Waals surface area contributed by atoms with Gasteiger partial charge in [0.15, 0.2) is 0 Å². The summed E-state index contributed by atoms with van der Waals surface area (Å²) in [5.74, 6) is -0.259. The van der Waals surface area contributed by atoms with Crippen LogP contribution in [0.4, 0.5) is 4.39 Å². The van der Waals surface area contributed by atoms with Crippen molar-refractivity contribution in [2.24, 2.45) is 5.18 Å². The molecule has 0 spiro atoms. The zero-order chi connectivity index (χ0) is 11.3. The highest BCUT2D eigenvalue weighted by molar-refractivity contribution is 5.53. The summed E-state index contributed by atoms with van der Waals surface area (Å²) in [7, 11) is 0. The van der Waals surface area contributed by atoms with E-state index in [1.807, 2.05) is 19.9 Å². The first-order chi connectivity index (χ1) is 7.17. The molecule has 2 nitrogen and oxygen atoms in total. The van der Waals surface area contributed by atoms with Crippen LogP contribution in [-0.2, 0) is 0 Å². The second-order valence-electron chi connectivity index (χ2n) is 3.47. The number of benzene rings is 1. The molecule has 0 radical (unpaired) electrons. The minimum Gasteiger partial charge on any atom is -0.207 e. The molecule has 0 bridgehead atoms. The highest BCUT2D eigenvalue weighted by Crippen LogP contribution is 2.14. The van der Waals surface area contributed by atoms with Gasteiger partial charge in [0, 0.05) is 0 Å². The van der Waals surface area contributed by atoms with Crippen LogP contribution in [-0.4, -0.2) is 6.04 Å². The Hall–Kier alpha value is -1.51. The smallest absolute Gasteiger partial charge is 0.123 e. The molecule has 0 aromatic heterocycles. The average molecular weight is 207 g/mol. The lowest BCUT2D eigenvalue weighted by atomic mass is 10.0. The molecular formula is C12H14FNO. The lowest BCUT2D eigenvalue weighted by Gasteiger charge is -2.06. The van der Waals surface area contributed by atoms with Gasteiger partial charge in [0.25, 0.3) is 0 Å². The first-order valence-corrected chi connectivity index (χ1v) is 4.93. The van der Waals surface area contributed by atoms with Gasteiger partial charge < -0.3 is 0 Å². The Morgan fingerprint density at radius 1 is 1.47 bits per heavy atom. The number of nitrogens with zero attached hydrogens (tertiary/aromatic N) is 1. The number of hydrogen-bond acceptors (Lipinski definition) is 2. The van der Waals surface area contributed by atoms with Crippen LogP contribution in [0, 0.1) is 10.7 Å². The molecule has 0 heterocycles. The predicted octanol–water partition coefficient (Wildman–Crippen LogP) is 3.77. The summed E-state index contributed by atoms with van der Waals surface area (Å²) in [5.41, 5.74) is 1.79. The lowest BCUT2D eigenvalue weighted by Crippen LogP contribution is -2.02. The Morgan fingerprint density at radius 2 is 2.07 bits per heavy atom. The van der Waals surface area contributed by atoms with Crippen molar-refractivity contribution in [3.63, 3.8) is 0 Å². The third-order valence-electron chi connectivity index (χ3n) is 2.30. The van der Waals surface area contributed by atoms with E-state index in [1.54, 1.807) is 12.1 Å². The molecule has 0 amide bonds. The molecule has 0 saturated carbocycles. The molecule has 0 aliphatic carbocycles. The van der Waals surface area contributed by atoms with Crippen molar-refractivity contribution in [1.29, 1.82) is 0 Å². The summed E-state index contributed by atoms with van der Waals surface area (Å²) in [6.45, 7) is 3.77. The molecule has 15 heavy (non-hydrogen) atoms. The Labute approximate surface area is 88.8 Å². The number of nitroso groups, excluding NO2 is 1. The van der Waals surface area contributed by atoms with Crippen LogP contribution < -0.4 is 0 Å². The molecule has 1 rings (SSSR count). The minimum atomic E-state index is -0.282. The molecule has 1 atom stereocenters. The van der Waals surface area contributed by atoms with Crippen LogP contribution in [0.1, 0.15) is 25.8 Å². The zero-order valence-corrected chi connectivity index (χ0v) is 8.90. The standard InChI is InChI=1S/C12H14FNO/c1-3-12(14-15)9(2)8-10-4-6-11(13)7-5-10/h4-8,12H,3H2,1-2H3. The molecule has 0 saturated heterocycles. The van der Waals surface area contributed by atoms with Crippen molar-refractivity contribution in [2.75, 3.05) is 0 Å². The van der Waals surface area contributed by atoms with Crippen LogP contribution in [0.5, 0.6) is 0 Å². The van der Waals surface area contributed by atoms with E-state index in [-0.39, 0.29) is 11.9 Å². The maximum absolute atomic E-state index is 12.6. The van der Waals surface area contributed by atoms with Gasteiger partial charge in [0.05, 0.1) is 0 Å². The van der Waals surface area contributed by atoms with E-state index < -0.39 is 0 Å². The molecule has 0 aliphatic heterocycles. The Bertz CT molecular complexity index is 356. The van der Waals surface area contributed by atoms with Crippen LogP contribution in [0.15, 0.2) is 35.0 Å². The molecule has 3 heteroatoms. The molecule has 0 aliphatic rings. The van der Waals surface area contributed by atoms with Crippen LogP contribution in [0.3, 0.4) is 0 Å². The molecule has 1 aromatic rings. The molecule has 80 valence electrons. The molecular weight excluding hydrogens is 193 g/mol. The normalized spacial score (nSPS) is 13.7. The quantitative estimate of drug-likeness (QED) is 0.691. The fourth-order valence-corrected chi connectivity index (χ4v) is 1.40. The predicted molar refractivity (Wildman–Crippen MR) is 59.9 cm³/mol. The maximum Gasteiger partial charge on any atom is 0.123 e. The van der Waals surface area contributed by atoms with Gasteiger partial charge in [-0.25, -0.2) is 4.39 Å². The monoisotopic (exact) mass is 207 g/mol. The minimum absolute atomic E-state index is 0.259. The summed E-state index contributed by atoms with van der Waals surface area (Å²) in [4.78, 5) is 10.5. The van der Waals surface area contributed by atoms with Gasteiger partial charge in [0.2, 0.25) is 0 Å². The van der Waals surface area contributed by atoms with Crippen molar-refractivity contribution >= 4 is 6.08 Å². The lowest BCUT2D eigenvalue weighted by molar-refractivity contribution is 0.627. The Morgan fingerprint density at radius 3 is 2.53 bits per heavy atom. The van der Waals surface area contributed by atoms with E-state index in [2.05, 4.69) is 5.18 Å². The topological polar surface area (TPSA) is 29.4 Å². The van der Waals surface area contributed by atoms with Crippen molar-refractivity contribution in [3.8, 4) is 0 Å². The largest absolute Gasteiger partial charge is 0.207 e. The van der Waals surface area contributed by atoms with E-state index in [4.69, 9.17) is 0 Å². The number of rotatable bonds is 4. The van der Waals surface area contributed by atoms with Crippen molar-refractivity contribution in [1.82, 2.24) is 0 Å². The van der Waals surface area contributed by atoms with Gasteiger partial charge in [0.1, 0.15) is 11.9 Å². The Balaban J connectivity index is 2.86. The first-order valence-electron chi connectivity index (χ1n) is 4.93. The van der Waals surface area contributed by atoms with Crippen molar-refractivity contribution in [2.45, 2.75) is 26.3 Å². The first kappa shape index (κ1) is 11.6. The van der Waals surface area contributed by atoms with E-state index >= 15 is 0 Å². The van der Waals surface area contributed by atoms with Gasteiger partial charge in [-0.15, -0.1) is 0 Å². The van der Waals surface area contributed by atoms with Crippen LogP contribution in [0.2, 0.25) is 0 Å². The summed E-state index contributed by atoms with van der Waals surface area (Å²) < 4.78 is 12.6. The maximum atomic E-state index is 12.6.